The van der Waals surface area contributed by atoms with E-state index in [-0.39, 0.29) is 11.8 Å². The number of hydrogen-bond acceptors (Lipinski definition) is 5. The van der Waals surface area contributed by atoms with Crippen molar-refractivity contribution in [1.29, 1.82) is 0 Å². The quantitative estimate of drug-likeness (QED) is 0.790. The van der Waals surface area contributed by atoms with Gasteiger partial charge in [0, 0.05) is 12.6 Å². The SMILES string of the molecule is COc1ccc(OCCN(C)C2CCS(=O)(=O)C2)cc1. The molecule has 0 aromatic heterocycles. The van der Waals surface area contributed by atoms with E-state index in [0.717, 1.165) is 17.9 Å². The molecule has 1 saturated heterocycles. The maximum atomic E-state index is 11.4. The van der Waals surface area contributed by atoms with Crippen LogP contribution in [0, 0.1) is 0 Å². The Morgan fingerprint density at radius 2 is 1.90 bits per heavy atom. The average molecular weight is 299 g/mol. The lowest BCUT2D eigenvalue weighted by Crippen LogP contribution is -2.35. The Balaban J connectivity index is 1.75. The van der Waals surface area contributed by atoms with Gasteiger partial charge in [-0.05, 0) is 37.7 Å². The number of rotatable bonds is 6. The van der Waals surface area contributed by atoms with Gasteiger partial charge in [0.05, 0.1) is 18.6 Å². The summed E-state index contributed by atoms with van der Waals surface area (Å²) in [5.74, 6) is 2.16. The molecule has 0 N–H and O–H groups in total. The first-order valence-electron chi connectivity index (χ1n) is 6.68. The van der Waals surface area contributed by atoms with E-state index in [2.05, 4.69) is 4.90 Å². The minimum Gasteiger partial charge on any atom is -0.497 e. The second-order valence-electron chi connectivity index (χ2n) is 5.06. The normalized spacial score (nSPS) is 21.1. The van der Waals surface area contributed by atoms with Crippen LogP contribution in [0.5, 0.6) is 11.5 Å². The number of hydrogen-bond donors (Lipinski definition) is 0. The summed E-state index contributed by atoms with van der Waals surface area (Å²) in [6.07, 6.45) is 0.724. The van der Waals surface area contributed by atoms with Crippen LogP contribution in [0.4, 0.5) is 0 Å². The molecule has 0 amide bonds. The van der Waals surface area contributed by atoms with Gasteiger partial charge in [0.15, 0.2) is 9.84 Å². The van der Waals surface area contributed by atoms with Gasteiger partial charge in [-0.25, -0.2) is 8.42 Å². The molecule has 1 aromatic rings. The first-order chi connectivity index (χ1) is 9.50. The van der Waals surface area contributed by atoms with Crippen LogP contribution in [-0.4, -0.2) is 58.2 Å². The highest BCUT2D eigenvalue weighted by Crippen LogP contribution is 2.18. The first-order valence-corrected chi connectivity index (χ1v) is 8.50. The molecule has 0 bridgehead atoms. The smallest absolute Gasteiger partial charge is 0.151 e. The summed E-state index contributed by atoms with van der Waals surface area (Å²) in [5, 5.41) is 0. The zero-order valence-electron chi connectivity index (χ0n) is 11.9. The van der Waals surface area contributed by atoms with Crippen LogP contribution >= 0.6 is 0 Å². The summed E-state index contributed by atoms with van der Waals surface area (Å²) in [4.78, 5) is 2.06. The molecule has 1 unspecified atom stereocenters. The Labute approximate surface area is 120 Å². The molecule has 20 heavy (non-hydrogen) atoms. The Morgan fingerprint density at radius 1 is 1.25 bits per heavy atom. The fourth-order valence-corrected chi connectivity index (χ4v) is 4.09. The highest BCUT2D eigenvalue weighted by molar-refractivity contribution is 7.91. The first kappa shape index (κ1) is 15.1. The van der Waals surface area contributed by atoms with Gasteiger partial charge in [0.1, 0.15) is 18.1 Å². The van der Waals surface area contributed by atoms with Gasteiger partial charge >= 0.3 is 0 Å². The van der Waals surface area contributed by atoms with E-state index in [1.54, 1.807) is 7.11 Å². The highest BCUT2D eigenvalue weighted by Gasteiger charge is 2.30. The Kier molecular flexibility index (Phi) is 4.88. The lowest BCUT2D eigenvalue weighted by atomic mass is 10.2. The molecule has 1 aliphatic heterocycles. The van der Waals surface area contributed by atoms with Crippen LogP contribution in [0.1, 0.15) is 6.42 Å². The molecule has 2 rings (SSSR count). The number of sulfone groups is 1. The lowest BCUT2D eigenvalue weighted by molar-refractivity contribution is 0.202. The molecule has 0 radical (unpaired) electrons. The van der Waals surface area contributed by atoms with Crippen LogP contribution in [0.15, 0.2) is 24.3 Å². The zero-order chi connectivity index (χ0) is 14.6. The number of ether oxygens (including phenoxy) is 2. The third-order valence-corrected chi connectivity index (χ3v) is 5.35. The summed E-state index contributed by atoms with van der Waals surface area (Å²) in [6.45, 7) is 1.26. The highest BCUT2D eigenvalue weighted by atomic mass is 32.2. The predicted octanol–water partition coefficient (Wildman–Crippen LogP) is 1.19. The van der Waals surface area contributed by atoms with Gasteiger partial charge in [-0.2, -0.15) is 0 Å². The molecule has 6 heteroatoms. The third-order valence-electron chi connectivity index (χ3n) is 3.60. The van der Waals surface area contributed by atoms with Gasteiger partial charge in [0.25, 0.3) is 0 Å². The van der Waals surface area contributed by atoms with Gasteiger partial charge in [-0.3, -0.25) is 4.90 Å². The molecule has 1 aromatic carbocycles. The molecule has 1 fully saturated rings. The van der Waals surface area contributed by atoms with Crippen molar-refractivity contribution in [1.82, 2.24) is 4.90 Å². The monoisotopic (exact) mass is 299 g/mol. The van der Waals surface area contributed by atoms with Crippen LogP contribution in [0.3, 0.4) is 0 Å². The number of likely N-dealkylation sites (N-methyl/N-ethyl adjacent to an activating group) is 1. The van der Waals surface area contributed by atoms with Crippen LogP contribution in [-0.2, 0) is 9.84 Å². The number of methoxy groups -OCH3 is 1. The topological polar surface area (TPSA) is 55.8 Å². The second-order valence-corrected chi connectivity index (χ2v) is 7.29. The predicted molar refractivity (Wildman–Crippen MR) is 78.2 cm³/mol. The van der Waals surface area contributed by atoms with E-state index < -0.39 is 9.84 Å². The van der Waals surface area contributed by atoms with Gasteiger partial charge in [0.2, 0.25) is 0 Å². The van der Waals surface area contributed by atoms with Crippen LogP contribution < -0.4 is 9.47 Å². The molecule has 1 heterocycles. The van der Waals surface area contributed by atoms with Gasteiger partial charge in [-0.1, -0.05) is 0 Å². The van der Waals surface area contributed by atoms with Crippen molar-refractivity contribution < 1.29 is 17.9 Å². The Bertz CT molecular complexity index is 527. The number of benzene rings is 1. The van der Waals surface area contributed by atoms with Crippen molar-refractivity contribution >= 4 is 9.84 Å². The summed E-state index contributed by atoms with van der Waals surface area (Å²) < 4.78 is 33.6. The number of nitrogens with zero attached hydrogens (tertiary/aromatic N) is 1. The molecule has 1 aliphatic rings. The second kappa shape index (κ2) is 6.45. The summed E-state index contributed by atoms with van der Waals surface area (Å²) in [6, 6.07) is 7.54. The Morgan fingerprint density at radius 3 is 2.45 bits per heavy atom. The molecule has 0 saturated carbocycles. The minimum absolute atomic E-state index is 0.125. The van der Waals surface area contributed by atoms with Gasteiger partial charge in [-0.15, -0.1) is 0 Å². The maximum absolute atomic E-state index is 11.4. The van der Waals surface area contributed by atoms with Crippen LogP contribution in [0.25, 0.3) is 0 Å². The molecule has 112 valence electrons. The van der Waals surface area contributed by atoms with Crippen molar-refractivity contribution in [2.24, 2.45) is 0 Å². The molecule has 5 nitrogen and oxygen atoms in total. The molecule has 0 spiro atoms. The largest absolute Gasteiger partial charge is 0.497 e. The fourth-order valence-electron chi connectivity index (χ4n) is 2.29. The van der Waals surface area contributed by atoms with E-state index in [4.69, 9.17) is 9.47 Å². The van der Waals surface area contributed by atoms with E-state index in [1.807, 2.05) is 31.3 Å². The van der Waals surface area contributed by atoms with E-state index in [9.17, 15) is 8.42 Å². The molecular formula is C14H21NO4S. The molecular weight excluding hydrogens is 278 g/mol. The lowest BCUT2D eigenvalue weighted by Gasteiger charge is -2.22. The average Bonchev–Trinajstić information content (AvgIpc) is 2.80. The summed E-state index contributed by atoms with van der Waals surface area (Å²) in [7, 11) is 0.751. The third kappa shape index (κ3) is 4.11. The van der Waals surface area contributed by atoms with Gasteiger partial charge < -0.3 is 9.47 Å². The fraction of sp³-hybridized carbons (Fsp3) is 0.571. The Hall–Kier alpha value is -1.27. The van der Waals surface area contributed by atoms with E-state index in [1.165, 1.54) is 0 Å². The van der Waals surface area contributed by atoms with Crippen molar-refractivity contribution in [2.45, 2.75) is 12.5 Å². The van der Waals surface area contributed by atoms with E-state index >= 15 is 0 Å². The summed E-state index contributed by atoms with van der Waals surface area (Å²) in [5.41, 5.74) is 0. The maximum Gasteiger partial charge on any atom is 0.151 e. The zero-order valence-corrected chi connectivity index (χ0v) is 12.7. The summed E-state index contributed by atoms with van der Waals surface area (Å²) >= 11 is 0. The molecule has 0 aliphatic carbocycles. The minimum atomic E-state index is -2.82. The van der Waals surface area contributed by atoms with Crippen molar-refractivity contribution in [3.05, 3.63) is 24.3 Å². The molecule has 1 atom stereocenters. The van der Waals surface area contributed by atoms with Crippen molar-refractivity contribution in [3.8, 4) is 11.5 Å². The van der Waals surface area contributed by atoms with Crippen molar-refractivity contribution in [3.63, 3.8) is 0 Å². The van der Waals surface area contributed by atoms with Crippen LogP contribution in [0.2, 0.25) is 0 Å². The van der Waals surface area contributed by atoms with Crippen molar-refractivity contribution in [2.75, 3.05) is 38.8 Å². The standard InChI is InChI=1S/C14H21NO4S/c1-15(12-7-10-20(16,17)11-12)8-9-19-14-5-3-13(18-2)4-6-14/h3-6,12H,7-11H2,1-2H3. The van der Waals surface area contributed by atoms with E-state index in [0.29, 0.717) is 18.9 Å².